The van der Waals surface area contributed by atoms with Gasteiger partial charge in [-0.3, -0.25) is 4.98 Å². The third-order valence-electron chi connectivity index (χ3n) is 20.6. The van der Waals surface area contributed by atoms with Gasteiger partial charge in [-0.1, -0.05) is 259 Å². The molecular weight excluding hydrogens is 1100 g/mol. The lowest BCUT2D eigenvalue weighted by Gasteiger charge is -2.35. The Balaban J connectivity index is 1.09. The van der Waals surface area contributed by atoms with Crippen LogP contribution in [0.25, 0.3) is 143 Å². The summed E-state index contributed by atoms with van der Waals surface area (Å²) in [6, 6.07) is 84.7. The lowest BCUT2D eigenvalue weighted by molar-refractivity contribution is 0.590. The van der Waals surface area contributed by atoms with Crippen molar-refractivity contribution in [3.63, 3.8) is 0 Å². The molecule has 0 saturated carbocycles. The molecule has 3 aromatic heterocycles. The van der Waals surface area contributed by atoms with E-state index in [0.717, 1.165) is 27.8 Å². The molecule has 0 atom stereocenters. The fraction of sp³-hybridized carbons (Fsp3) is 0.184. The standard InChI is InChI=1S/C87H74BN3/c1-84(2,3)56-34-30-52(31-35-56)70-49-89-50-71(53-32-36-57(37-33-53)85(4,5)6)78(70)55-44-76-81-77(45-55)91-75-41-39-66-64-28-19-18-26-62(64)63-27-20-21-29-65(63)79(66)80(75)69-42-54(61-25-17-16-24-60(61)51-22-14-13-15-23-51)43-72(83(69)91)88(81)73-48-59(87(10,11)12)47-68-67-46-58(86(7,8)9)38-40-74(67)90(76)82(68)73/h13-50H,1-12H3. The smallest absolute Gasteiger partial charge is 0.252 e. The number of fused-ring (bicyclic) bond motifs is 17. The predicted octanol–water partition coefficient (Wildman–Crippen LogP) is 21.4. The first kappa shape index (κ1) is 55.3. The van der Waals surface area contributed by atoms with Crippen molar-refractivity contribution in [3.8, 4) is 67.0 Å². The Morgan fingerprint density at radius 2 is 0.747 bits per heavy atom. The molecule has 0 aliphatic carbocycles. The minimum absolute atomic E-state index is 0.00562. The van der Waals surface area contributed by atoms with Crippen LogP contribution in [0.1, 0.15) is 105 Å². The summed E-state index contributed by atoms with van der Waals surface area (Å²) in [5.74, 6) is 0. The molecule has 15 aromatic rings. The zero-order valence-electron chi connectivity index (χ0n) is 54.4. The maximum absolute atomic E-state index is 5.19. The fourth-order valence-electron chi connectivity index (χ4n) is 15.9. The second-order valence-electron chi connectivity index (χ2n) is 30.3. The van der Waals surface area contributed by atoms with Crippen molar-refractivity contribution >= 4 is 99.0 Å². The summed E-state index contributed by atoms with van der Waals surface area (Å²) >= 11 is 0. The number of benzene rings is 12. The van der Waals surface area contributed by atoms with E-state index in [0.29, 0.717) is 0 Å². The van der Waals surface area contributed by atoms with Crippen molar-refractivity contribution in [2.24, 2.45) is 0 Å². The molecule has 0 amide bonds. The van der Waals surface area contributed by atoms with Gasteiger partial charge in [-0.15, -0.1) is 0 Å². The molecule has 0 fully saturated rings. The van der Waals surface area contributed by atoms with Gasteiger partial charge < -0.3 is 9.13 Å². The Kier molecular flexibility index (Phi) is 11.8. The molecule has 12 aromatic carbocycles. The zero-order chi connectivity index (χ0) is 62.4. The van der Waals surface area contributed by atoms with Crippen molar-refractivity contribution in [3.05, 3.63) is 253 Å². The van der Waals surface area contributed by atoms with Crippen LogP contribution in [0.5, 0.6) is 0 Å². The highest BCUT2D eigenvalue weighted by Gasteiger charge is 2.43. The maximum atomic E-state index is 5.19. The average molecular weight is 1170 g/mol. The summed E-state index contributed by atoms with van der Waals surface area (Å²) in [5.41, 5.74) is 28.2. The molecule has 4 heteroatoms. The monoisotopic (exact) mass is 1170 g/mol. The van der Waals surface area contributed by atoms with Gasteiger partial charge in [-0.2, -0.15) is 0 Å². The van der Waals surface area contributed by atoms with E-state index in [-0.39, 0.29) is 28.4 Å². The summed E-state index contributed by atoms with van der Waals surface area (Å²) in [7, 11) is 0. The molecule has 17 rings (SSSR count). The van der Waals surface area contributed by atoms with Gasteiger partial charge in [0.25, 0.3) is 6.71 Å². The van der Waals surface area contributed by atoms with Crippen LogP contribution in [0, 0.1) is 0 Å². The van der Waals surface area contributed by atoms with Crippen molar-refractivity contribution in [2.45, 2.75) is 105 Å². The number of rotatable bonds is 5. The van der Waals surface area contributed by atoms with Gasteiger partial charge in [-0.05, 0) is 169 Å². The van der Waals surface area contributed by atoms with Crippen molar-refractivity contribution in [2.75, 3.05) is 0 Å². The van der Waals surface area contributed by atoms with E-state index in [9.17, 15) is 0 Å². The SMILES string of the molecule is CC(C)(C)c1ccc(-c2cncc(-c3ccc(C(C)(C)C)cc3)c2-c2cc3c4c(c2)-n2c5ccc6c7ccccc7c7ccccc7c6c5c5cc(-c6ccccc6-c6ccccc6)cc(c52)B4c2cc(C(C)(C)C)cc4c5cc(C(C)(C)C)ccc5n-3c24)cc1. The minimum Gasteiger partial charge on any atom is -0.310 e. The Hall–Kier alpha value is -9.77. The average Bonchev–Trinajstić information content (AvgIpc) is 1.55. The molecule has 0 unspecified atom stereocenters. The summed E-state index contributed by atoms with van der Waals surface area (Å²) in [4.78, 5) is 5.19. The summed E-state index contributed by atoms with van der Waals surface area (Å²) in [6.07, 6.45) is 4.25. The van der Waals surface area contributed by atoms with E-state index in [1.165, 1.54) is 154 Å². The van der Waals surface area contributed by atoms with Crippen molar-refractivity contribution in [1.82, 2.24) is 14.1 Å². The van der Waals surface area contributed by atoms with Crippen LogP contribution >= 0.6 is 0 Å². The van der Waals surface area contributed by atoms with E-state index in [1.54, 1.807) is 0 Å². The molecule has 0 radical (unpaired) electrons. The third-order valence-corrected chi connectivity index (χ3v) is 20.6. The first-order chi connectivity index (χ1) is 43.7. The van der Waals surface area contributed by atoms with E-state index in [4.69, 9.17) is 4.98 Å². The topological polar surface area (TPSA) is 22.8 Å². The fourth-order valence-corrected chi connectivity index (χ4v) is 15.9. The molecular formula is C87H74BN3. The van der Waals surface area contributed by atoms with Crippen LogP contribution in [0.2, 0.25) is 0 Å². The molecule has 3 nitrogen and oxygen atoms in total. The van der Waals surface area contributed by atoms with Gasteiger partial charge in [0.2, 0.25) is 0 Å². The highest BCUT2D eigenvalue weighted by Crippen LogP contribution is 2.50. The molecule has 5 heterocycles. The summed E-state index contributed by atoms with van der Waals surface area (Å²) in [5, 5.41) is 12.8. The Labute approximate surface area is 534 Å². The van der Waals surface area contributed by atoms with Crippen molar-refractivity contribution in [1.29, 1.82) is 0 Å². The molecule has 0 spiro atoms. The number of nitrogens with zero attached hydrogens (tertiary/aromatic N) is 3. The molecule has 0 saturated heterocycles. The van der Waals surface area contributed by atoms with Crippen LogP contribution in [-0.2, 0) is 21.7 Å². The lowest BCUT2D eigenvalue weighted by atomic mass is 9.34. The highest BCUT2D eigenvalue weighted by atomic mass is 15.0. The van der Waals surface area contributed by atoms with Gasteiger partial charge in [0, 0.05) is 78.4 Å². The van der Waals surface area contributed by atoms with Gasteiger partial charge in [-0.25, -0.2) is 0 Å². The van der Waals surface area contributed by atoms with Crippen LogP contribution < -0.4 is 16.4 Å². The highest BCUT2D eigenvalue weighted by molar-refractivity contribution is 7.00. The number of pyridine rings is 1. The molecule has 0 N–H and O–H groups in total. The van der Waals surface area contributed by atoms with Crippen LogP contribution in [0.15, 0.2) is 231 Å². The summed E-state index contributed by atoms with van der Waals surface area (Å²) in [6.45, 7) is 27.9. The van der Waals surface area contributed by atoms with Gasteiger partial charge in [0.15, 0.2) is 0 Å². The molecule has 2 aliphatic rings. The Morgan fingerprint density at radius 1 is 0.297 bits per heavy atom. The number of hydrogen-bond donors (Lipinski definition) is 0. The normalized spacial score (nSPS) is 13.3. The second kappa shape index (κ2) is 19.4. The largest absolute Gasteiger partial charge is 0.310 e. The first-order valence-corrected chi connectivity index (χ1v) is 32.7. The molecule has 2 aliphatic heterocycles. The van der Waals surface area contributed by atoms with E-state index in [2.05, 4.69) is 323 Å². The molecule has 91 heavy (non-hydrogen) atoms. The maximum Gasteiger partial charge on any atom is 0.252 e. The van der Waals surface area contributed by atoms with E-state index < -0.39 is 0 Å². The number of hydrogen-bond acceptors (Lipinski definition) is 1. The Bertz CT molecular complexity index is 5480. The quantitative estimate of drug-likeness (QED) is 0.124. The minimum atomic E-state index is -0.143. The van der Waals surface area contributed by atoms with Crippen LogP contribution in [0.3, 0.4) is 0 Å². The van der Waals surface area contributed by atoms with Crippen LogP contribution in [-0.4, -0.2) is 20.8 Å². The van der Waals surface area contributed by atoms with E-state index >= 15 is 0 Å². The van der Waals surface area contributed by atoms with Crippen LogP contribution in [0.4, 0.5) is 0 Å². The lowest BCUT2D eigenvalue weighted by Crippen LogP contribution is -2.59. The predicted molar refractivity (Wildman–Crippen MR) is 392 cm³/mol. The second-order valence-corrected chi connectivity index (χ2v) is 30.3. The zero-order valence-corrected chi connectivity index (χ0v) is 54.4. The molecule has 440 valence electrons. The van der Waals surface area contributed by atoms with Crippen molar-refractivity contribution < 1.29 is 0 Å². The third kappa shape index (κ3) is 8.30. The van der Waals surface area contributed by atoms with Gasteiger partial charge in [0.05, 0.1) is 11.0 Å². The molecule has 0 bridgehead atoms. The van der Waals surface area contributed by atoms with Gasteiger partial charge >= 0.3 is 0 Å². The summed E-state index contributed by atoms with van der Waals surface area (Å²) < 4.78 is 5.40. The van der Waals surface area contributed by atoms with E-state index in [1.807, 2.05) is 0 Å². The first-order valence-electron chi connectivity index (χ1n) is 32.7. The number of aromatic nitrogens is 3. The van der Waals surface area contributed by atoms with Gasteiger partial charge in [0.1, 0.15) is 0 Å². The Morgan fingerprint density at radius 3 is 1.33 bits per heavy atom.